The molecular formula is C13H11FO4. The number of halogens is 1. The molecule has 1 aromatic rings. The predicted molar refractivity (Wildman–Crippen MR) is 61.5 cm³/mol. The lowest BCUT2D eigenvalue weighted by Crippen LogP contribution is -2.07. The number of hydrogen-bond acceptors (Lipinski definition) is 3. The van der Waals surface area contributed by atoms with Crippen LogP contribution in [0.1, 0.15) is 29.3 Å². The molecule has 0 amide bonds. The van der Waals surface area contributed by atoms with Crippen LogP contribution in [0.25, 0.3) is 0 Å². The minimum atomic E-state index is -1.09. The molecule has 0 fully saturated rings. The van der Waals surface area contributed by atoms with Gasteiger partial charge in [0, 0.05) is 5.56 Å². The summed E-state index contributed by atoms with van der Waals surface area (Å²) in [4.78, 5) is 21.9. The zero-order chi connectivity index (χ0) is 13.5. The molecule has 0 bridgehead atoms. The van der Waals surface area contributed by atoms with Crippen molar-refractivity contribution in [1.29, 1.82) is 0 Å². The maximum absolute atomic E-state index is 13.0. The summed E-state index contributed by atoms with van der Waals surface area (Å²) in [5, 5.41) is 8.44. The summed E-state index contributed by atoms with van der Waals surface area (Å²) in [5.41, 5.74) is 0.242. The summed E-state index contributed by atoms with van der Waals surface area (Å²) in [6, 6.07) is 3.45. The van der Waals surface area contributed by atoms with Crippen molar-refractivity contribution in [1.82, 2.24) is 0 Å². The minimum absolute atomic E-state index is 0.120. The molecule has 94 valence electrons. The highest BCUT2D eigenvalue weighted by atomic mass is 19.1. The SMILES string of the molecule is CCOC(=O)c1ccc(F)cc1C#CCC(=O)O. The highest BCUT2D eigenvalue weighted by Gasteiger charge is 2.11. The molecule has 5 heteroatoms. The first-order valence-electron chi connectivity index (χ1n) is 5.22. The number of carboxylic acid groups (broad SMARTS) is 1. The van der Waals surface area contributed by atoms with Gasteiger partial charge in [0.25, 0.3) is 0 Å². The third kappa shape index (κ3) is 3.91. The van der Waals surface area contributed by atoms with Crippen molar-refractivity contribution < 1.29 is 23.8 Å². The van der Waals surface area contributed by atoms with Crippen LogP contribution in [-0.4, -0.2) is 23.7 Å². The maximum atomic E-state index is 13.0. The van der Waals surface area contributed by atoms with Crippen LogP contribution in [-0.2, 0) is 9.53 Å². The lowest BCUT2D eigenvalue weighted by Gasteiger charge is -2.04. The Morgan fingerprint density at radius 2 is 2.17 bits per heavy atom. The summed E-state index contributed by atoms with van der Waals surface area (Å²) in [7, 11) is 0. The van der Waals surface area contributed by atoms with Crippen LogP contribution in [0.5, 0.6) is 0 Å². The smallest absolute Gasteiger partial charge is 0.339 e. The molecule has 0 atom stereocenters. The van der Waals surface area contributed by atoms with Crippen molar-refractivity contribution in [2.24, 2.45) is 0 Å². The van der Waals surface area contributed by atoms with E-state index in [1.165, 1.54) is 6.07 Å². The molecule has 0 radical (unpaired) electrons. The number of aliphatic carboxylic acids is 1. The zero-order valence-corrected chi connectivity index (χ0v) is 9.70. The molecule has 1 N–H and O–H groups in total. The van der Waals surface area contributed by atoms with Gasteiger partial charge in [0.15, 0.2) is 0 Å². The Hall–Kier alpha value is -2.35. The fourth-order valence-corrected chi connectivity index (χ4v) is 1.22. The van der Waals surface area contributed by atoms with Crippen molar-refractivity contribution in [2.75, 3.05) is 6.61 Å². The molecule has 4 nitrogen and oxygen atoms in total. The molecule has 0 aromatic heterocycles. The molecule has 0 saturated heterocycles. The van der Waals surface area contributed by atoms with Gasteiger partial charge in [-0.2, -0.15) is 0 Å². The van der Waals surface area contributed by atoms with Crippen LogP contribution in [0.4, 0.5) is 4.39 Å². The number of ether oxygens (including phenoxy) is 1. The molecule has 0 unspecified atom stereocenters. The van der Waals surface area contributed by atoms with E-state index in [4.69, 9.17) is 9.84 Å². The van der Waals surface area contributed by atoms with Gasteiger partial charge in [0.2, 0.25) is 0 Å². The Kier molecular flexibility index (Phi) is 4.88. The fourth-order valence-electron chi connectivity index (χ4n) is 1.22. The second kappa shape index (κ2) is 6.40. The molecule has 1 rings (SSSR count). The van der Waals surface area contributed by atoms with E-state index in [-0.39, 0.29) is 24.2 Å². The van der Waals surface area contributed by atoms with Gasteiger partial charge < -0.3 is 9.84 Å². The van der Waals surface area contributed by atoms with E-state index in [0.717, 1.165) is 12.1 Å². The quantitative estimate of drug-likeness (QED) is 0.656. The van der Waals surface area contributed by atoms with Gasteiger partial charge in [-0.25, -0.2) is 9.18 Å². The van der Waals surface area contributed by atoms with Crippen LogP contribution >= 0.6 is 0 Å². The summed E-state index contributed by atoms with van der Waals surface area (Å²) >= 11 is 0. The van der Waals surface area contributed by atoms with E-state index in [1.807, 2.05) is 0 Å². The summed E-state index contributed by atoms with van der Waals surface area (Å²) in [6.07, 6.45) is -0.376. The topological polar surface area (TPSA) is 63.6 Å². The molecule has 0 aliphatic carbocycles. The molecular weight excluding hydrogens is 239 g/mol. The van der Waals surface area contributed by atoms with Gasteiger partial charge in [-0.1, -0.05) is 11.8 Å². The van der Waals surface area contributed by atoms with Gasteiger partial charge in [-0.3, -0.25) is 4.79 Å². The molecule has 0 spiro atoms. The van der Waals surface area contributed by atoms with Crippen molar-refractivity contribution >= 4 is 11.9 Å². The van der Waals surface area contributed by atoms with Crippen LogP contribution in [0.3, 0.4) is 0 Å². The van der Waals surface area contributed by atoms with Crippen molar-refractivity contribution in [3.8, 4) is 11.8 Å². The van der Waals surface area contributed by atoms with E-state index in [1.54, 1.807) is 6.92 Å². The Labute approximate surface area is 103 Å². The fraction of sp³-hybridized carbons (Fsp3) is 0.231. The lowest BCUT2D eigenvalue weighted by molar-refractivity contribution is -0.135. The Balaban J connectivity index is 3.06. The number of esters is 1. The number of carbonyl (C=O) groups excluding carboxylic acids is 1. The molecule has 0 heterocycles. The van der Waals surface area contributed by atoms with Crippen molar-refractivity contribution in [3.05, 3.63) is 35.1 Å². The average Bonchev–Trinajstić information content (AvgIpc) is 2.29. The third-order valence-corrected chi connectivity index (χ3v) is 1.94. The van der Waals surface area contributed by atoms with Crippen molar-refractivity contribution in [2.45, 2.75) is 13.3 Å². The van der Waals surface area contributed by atoms with Gasteiger partial charge in [-0.15, -0.1) is 0 Å². The largest absolute Gasteiger partial charge is 0.481 e. The number of carboxylic acids is 1. The summed E-state index contributed by atoms with van der Waals surface area (Å²) < 4.78 is 17.8. The zero-order valence-electron chi connectivity index (χ0n) is 9.70. The molecule has 0 saturated carbocycles. The van der Waals surface area contributed by atoms with Gasteiger partial charge in [-0.05, 0) is 25.1 Å². The predicted octanol–water partition coefficient (Wildman–Crippen LogP) is 1.83. The van der Waals surface area contributed by atoms with E-state index < -0.39 is 17.8 Å². The second-order valence-corrected chi connectivity index (χ2v) is 3.28. The molecule has 0 aliphatic rings. The highest BCUT2D eigenvalue weighted by Crippen LogP contribution is 2.12. The van der Waals surface area contributed by atoms with Crippen LogP contribution in [0, 0.1) is 17.7 Å². The van der Waals surface area contributed by atoms with Crippen LogP contribution in [0.15, 0.2) is 18.2 Å². The van der Waals surface area contributed by atoms with E-state index in [9.17, 15) is 14.0 Å². The highest BCUT2D eigenvalue weighted by molar-refractivity contribution is 5.92. The van der Waals surface area contributed by atoms with Gasteiger partial charge in [0.1, 0.15) is 12.2 Å². The van der Waals surface area contributed by atoms with E-state index in [0.29, 0.717) is 0 Å². The third-order valence-electron chi connectivity index (χ3n) is 1.94. The van der Waals surface area contributed by atoms with E-state index in [2.05, 4.69) is 11.8 Å². The number of carbonyl (C=O) groups is 2. The summed E-state index contributed by atoms with van der Waals surface area (Å²) in [5.74, 6) is 2.54. The first-order valence-corrected chi connectivity index (χ1v) is 5.22. The van der Waals surface area contributed by atoms with Crippen LogP contribution < -0.4 is 0 Å². The first kappa shape index (κ1) is 13.7. The maximum Gasteiger partial charge on any atom is 0.339 e. The summed E-state index contributed by atoms with van der Waals surface area (Å²) in [6.45, 7) is 1.84. The average molecular weight is 250 g/mol. The first-order chi connectivity index (χ1) is 8.54. The second-order valence-electron chi connectivity index (χ2n) is 3.28. The van der Waals surface area contributed by atoms with Gasteiger partial charge >= 0.3 is 11.9 Å². The number of rotatable bonds is 3. The standard InChI is InChI=1S/C13H11FO4/c1-2-18-13(17)11-7-6-10(14)8-9(11)4-3-5-12(15)16/h6-8H,2,5H2,1H3,(H,15,16). The monoisotopic (exact) mass is 250 g/mol. The Morgan fingerprint density at radius 1 is 1.44 bits per heavy atom. The number of benzene rings is 1. The Bertz CT molecular complexity index is 526. The molecule has 0 aliphatic heterocycles. The van der Waals surface area contributed by atoms with E-state index >= 15 is 0 Å². The molecule has 18 heavy (non-hydrogen) atoms. The Morgan fingerprint density at radius 3 is 2.78 bits per heavy atom. The number of hydrogen-bond donors (Lipinski definition) is 1. The van der Waals surface area contributed by atoms with Gasteiger partial charge in [0.05, 0.1) is 12.2 Å². The lowest BCUT2D eigenvalue weighted by atomic mass is 10.1. The van der Waals surface area contributed by atoms with Crippen molar-refractivity contribution in [3.63, 3.8) is 0 Å². The normalized spacial score (nSPS) is 9.22. The van der Waals surface area contributed by atoms with Crippen LogP contribution in [0.2, 0.25) is 0 Å². The minimum Gasteiger partial charge on any atom is -0.481 e. The molecule has 1 aromatic carbocycles.